The molecule has 1 rings (SSSR count). The number of rotatable bonds is 6. The molecule has 3 atom stereocenters. The van der Waals surface area contributed by atoms with Crippen LogP contribution in [0.5, 0.6) is 0 Å². The third-order valence-electron chi connectivity index (χ3n) is 4.38. The summed E-state index contributed by atoms with van der Waals surface area (Å²) in [5.41, 5.74) is 0. The lowest BCUT2D eigenvalue weighted by atomic mass is 9.85. The molecule has 1 saturated carbocycles. The van der Waals surface area contributed by atoms with Gasteiger partial charge in [-0.2, -0.15) is 13.2 Å². The SMILES string of the molecule is CCC(C)N(C)CCNC1CCCC(C(F)(F)F)C1. The number of halogens is 3. The molecule has 0 amide bonds. The minimum atomic E-state index is -4.02. The van der Waals surface area contributed by atoms with E-state index in [-0.39, 0.29) is 12.5 Å². The van der Waals surface area contributed by atoms with Crippen molar-refractivity contribution in [2.75, 3.05) is 20.1 Å². The van der Waals surface area contributed by atoms with E-state index in [1.54, 1.807) is 0 Å². The Hall–Kier alpha value is -0.290. The average Bonchev–Trinajstić information content (AvgIpc) is 2.37. The summed E-state index contributed by atoms with van der Waals surface area (Å²) in [6.07, 6.45) is -0.822. The van der Waals surface area contributed by atoms with E-state index < -0.39 is 12.1 Å². The van der Waals surface area contributed by atoms with Gasteiger partial charge in [0.1, 0.15) is 0 Å². The van der Waals surface area contributed by atoms with Gasteiger partial charge in [-0.25, -0.2) is 0 Å². The van der Waals surface area contributed by atoms with E-state index in [0.717, 1.165) is 25.9 Å². The number of likely N-dealkylation sites (N-methyl/N-ethyl adjacent to an activating group) is 1. The fraction of sp³-hybridized carbons (Fsp3) is 1.00. The van der Waals surface area contributed by atoms with Gasteiger partial charge >= 0.3 is 6.18 Å². The van der Waals surface area contributed by atoms with Gasteiger partial charge in [0.15, 0.2) is 0 Å². The van der Waals surface area contributed by atoms with Gasteiger partial charge in [-0.05, 0) is 39.7 Å². The van der Waals surface area contributed by atoms with Crippen LogP contribution in [0.3, 0.4) is 0 Å². The zero-order valence-electron chi connectivity index (χ0n) is 12.3. The number of hydrogen-bond acceptors (Lipinski definition) is 2. The molecule has 0 heterocycles. The maximum absolute atomic E-state index is 12.7. The zero-order chi connectivity index (χ0) is 14.5. The Bertz CT molecular complexity index is 256. The molecule has 1 N–H and O–H groups in total. The predicted octanol–water partition coefficient (Wildman–Crippen LogP) is 3.43. The van der Waals surface area contributed by atoms with Crippen LogP contribution in [-0.4, -0.2) is 43.3 Å². The highest BCUT2D eigenvalue weighted by Crippen LogP contribution is 2.37. The lowest BCUT2D eigenvalue weighted by Crippen LogP contribution is -2.42. The van der Waals surface area contributed by atoms with Crippen molar-refractivity contribution in [1.29, 1.82) is 0 Å². The Labute approximate surface area is 114 Å². The van der Waals surface area contributed by atoms with E-state index in [1.165, 1.54) is 0 Å². The Morgan fingerprint density at radius 1 is 1.32 bits per heavy atom. The summed E-state index contributed by atoms with van der Waals surface area (Å²) in [7, 11) is 2.06. The summed E-state index contributed by atoms with van der Waals surface area (Å²) in [4.78, 5) is 2.25. The number of nitrogens with one attached hydrogen (secondary N) is 1. The second-order valence-electron chi connectivity index (χ2n) is 5.79. The van der Waals surface area contributed by atoms with Crippen molar-refractivity contribution in [1.82, 2.24) is 10.2 Å². The van der Waals surface area contributed by atoms with Gasteiger partial charge in [0, 0.05) is 25.2 Å². The summed E-state index contributed by atoms with van der Waals surface area (Å²) < 4.78 is 38.0. The predicted molar refractivity (Wildman–Crippen MR) is 72.2 cm³/mol. The number of nitrogens with zero attached hydrogens (tertiary/aromatic N) is 1. The summed E-state index contributed by atoms with van der Waals surface area (Å²) in [5.74, 6) is -1.11. The van der Waals surface area contributed by atoms with E-state index in [2.05, 4.69) is 31.1 Å². The summed E-state index contributed by atoms with van der Waals surface area (Å²) >= 11 is 0. The van der Waals surface area contributed by atoms with Crippen molar-refractivity contribution in [3.8, 4) is 0 Å². The molecule has 1 aliphatic rings. The molecule has 0 aromatic heterocycles. The van der Waals surface area contributed by atoms with Crippen LogP contribution in [0.2, 0.25) is 0 Å². The first-order chi connectivity index (χ1) is 8.84. The van der Waals surface area contributed by atoms with E-state index >= 15 is 0 Å². The molecule has 1 aliphatic carbocycles. The van der Waals surface area contributed by atoms with Crippen LogP contribution in [-0.2, 0) is 0 Å². The molecule has 0 spiro atoms. The highest BCUT2D eigenvalue weighted by atomic mass is 19.4. The lowest BCUT2D eigenvalue weighted by molar-refractivity contribution is -0.183. The molecule has 114 valence electrons. The molecule has 3 unspecified atom stereocenters. The van der Waals surface area contributed by atoms with Crippen molar-refractivity contribution in [3.05, 3.63) is 0 Å². The Kier molecular flexibility index (Phi) is 6.60. The molecule has 5 heteroatoms. The molecule has 0 saturated heterocycles. The van der Waals surface area contributed by atoms with Crippen LogP contribution in [0.1, 0.15) is 46.0 Å². The zero-order valence-corrected chi connectivity index (χ0v) is 12.3. The second-order valence-corrected chi connectivity index (χ2v) is 5.79. The van der Waals surface area contributed by atoms with Gasteiger partial charge < -0.3 is 10.2 Å². The highest BCUT2D eigenvalue weighted by Gasteiger charge is 2.41. The van der Waals surface area contributed by atoms with E-state index in [4.69, 9.17) is 0 Å². The minimum Gasteiger partial charge on any atom is -0.313 e. The Morgan fingerprint density at radius 2 is 2.00 bits per heavy atom. The molecule has 0 aromatic rings. The van der Waals surface area contributed by atoms with Gasteiger partial charge in [0.2, 0.25) is 0 Å². The quantitative estimate of drug-likeness (QED) is 0.802. The summed E-state index contributed by atoms with van der Waals surface area (Å²) in [5, 5.41) is 3.29. The molecular weight excluding hydrogens is 253 g/mol. The molecule has 0 radical (unpaired) electrons. The number of hydrogen-bond donors (Lipinski definition) is 1. The number of alkyl halides is 3. The van der Waals surface area contributed by atoms with Crippen LogP contribution in [0.25, 0.3) is 0 Å². The lowest BCUT2D eigenvalue weighted by Gasteiger charge is -2.32. The van der Waals surface area contributed by atoms with E-state index in [9.17, 15) is 13.2 Å². The third kappa shape index (κ3) is 5.69. The summed E-state index contributed by atoms with van der Waals surface area (Å²) in [6, 6.07) is 0.557. The van der Waals surface area contributed by atoms with E-state index in [1.807, 2.05) is 0 Å². The van der Waals surface area contributed by atoms with Crippen molar-refractivity contribution < 1.29 is 13.2 Å². The van der Waals surface area contributed by atoms with Crippen LogP contribution < -0.4 is 5.32 Å². The van der Waals surface area contributed by atoms with Crippen LogP contribution >= 0.6 is 0 Å². The average molecular weight is 280 g/mol. The first-order valence-electron chi connectivity index (χ1n) is 7.35. The van der Waals surface area contributed by atoms with Crippen LogP contribution in [0.15, 0.2) is 0 Å². The van der Waals surface area contributed by atoms with Gasteiger partial charge in [-0.15, -0.1) is 0 Å². The molecular formula is C14H27F3N2. The van der Waals surface area contributed by atoms with Crippen molar-refractivity contribution in [2.24, 2.45) is 5.92 Å². The Balaban J connectivity index is 2.26. The van der Waals surface area contributed by atoms with E-state index in [0.29, 0.717) is 18.9 Å². The smallest absolute Gasteiger partial charge is 0.313 e. The fourth-order valence-corrected chi connectivity index (χ4v) is 2.65. The monoisotopic (exact) mass is 280 g/mol. The molecule has 0 aliphatic heterocycles. The largest absolute Gasteiger partial charge is 0.391 e. The van der Waals surface area contributed by atoms with Crippen LogP contribution in [0.4, 0.5) is 13.2 Å². The molecule has 2 nitrogen and oxygen atoms in total. The maximum Gasteiger partial charge on any atom is 0.391 e. The second kappa shape index (κ2) is 7.48. The van der Waals surface area contributed by atoms with Crippen molar-refractivity contribution in [2.45, 2.75) is 64.2 Å². The van der Waals surface area contributed by atoms with Crippen LogP contribution in [0, 0.1) is 5.92 Å². The fourth-order valence-electron chi connectivity index (χ4n) is 2.65. The van der Waals surface area contributed by atoms with Crippen molar-refractivity contribution >= 4 is 0 Å². The van der Waals surface area contributed by atoms with Gasteiger partial charge in [-0.1, -0.05) is 13.3 Å². The Morgan fingerprint density at radius 3 is 2.58 bits per heavy atom. The molecule has 0 bridgehead atoms. The minimum absolute atomic E-state index is 0.0331. The summed E-state index contributed by atoms with van der Waals surface area (Å²) in [6.45, 7) is 5.97. The highest BCUT2D eigenvalue weighted by molar-refractivity contribution is 4.82. The molecule has 0 aromatic carbocycles. The first-order valence-corrected chi connectivity index (χ1v) is 7.35. The molecule has 1 fully saturated rings. The topological polar surface area (TPSA) is 15.3 Å². The first kappa shape index (κ1) is 16.8. The van der Waals surface area contributed by atoms with Gasteiger partial charge in [-0.3, -0.25) is 0 Å². The standard InChI is InChI=1S/C14H27F3N2/c1-4-11(2)19(3)9-8-18-13-7-5-6-12(10-13)14(15,16)17/h11-13,18H,4-10H2,1-3H3. The van der Waals surface area contributed by atoms with Crippen molar-refractivity contribution in [3.63, 3.8) is 0 Å². The van der Waals surface area contributed by atoms with Gasteiger partial charge in [0.05, 0.1) is 5.92 Å². The van der Waals surface area contributed by atoms with Gasteiger partial charge in [0.25, 0.3) is 0 Å². The third-order valence-corrected chi connectivity index (χ3v) is 4.38. The maximum atomic E-state index is 12.7. The normalized spacial score (nSPS) is 26.7. The molecule has 19 heavy (non-hydrogen) atoms.